The predicted molar refractivity (Wildman–Crippen MR) is 98.3 cm³/mol. The number of hydrogen-bond donors (Lipinski definition) is 0. The lowest BCUT2D eigenvalue weighted by Gasteiger charge is -2.12. The Morgan fingerprint density at radius 1 is 1.08 bits per heavy atom. The molecular formula is C20H23NO3. The zero-order valence-electron chi connectivity index (χ0n) is 14.6. The smallest absolute Gasteiger partial charge is 0.185 e. The SMILES string of the molecule is CCOc1ccc(C=CC(=O)c2ccc(N(C)C)cc2)cc1OC. The number of ether oxygens (including phenoxy) is 2. The van der Waals surface area contributed by atoms with E-state index in [4.69, 9.17) is 9.47 Å². The van der Waals surface area contributed by atoms with Gasteiger partial charge >= 0.3 is 0 Å². The van der Waals surface area contributed by atoms with Gasteiger partial charge in [0.1, 0.15) is 0 Å². The number of anilines is 1. The lowest BCUT2D eigenvalue weighted by molar-refractivity contribution is 0.104. The van der Waals surface area contributed by atoms with Crippen molar-refractivity contribution in [1.29, 1.82) is 0 Å². The van der Waals surface area contributed by atoms with Crippen molar-refractivity contribution < 1.29 is 14.3 Å². The fourth-order valence-electron chi connectivity index (χ4n) is 2.25. The third-order valence-electron chi connectivity index (χ3n) is 3.58. The average molecular weight is 325 g/mol. The van der Waals surface area contributed by atoms with Crippen LogP contribution < -0.4 is 14.4 Å². The summed E-state index contributed by atoms with van der Waals surface area (Å²) in [7, 11) is 5.54. The second-order valence-corrected chi connectivity index (χ2v) is 5.48. The second-order valence-electron chi connectivity index (χ2n) is 5.48. The first kappa shape index (κ1) is 17.6. The fraction of sp³-hybridized carbons (Fsp3) is 0.250. The number of methoxy groups -OCH3 is 1. The fourth-order valence-corrected chi connectivity index (χ4v) is 2.25. The highest BCUT2D eigenvalue weighted by Crippen LogP contribution is 2.28. The molecule has 0 heterocycles. The van der Waals surface area contributed by atoms with Gasteiger partial charge < -0.3 is 14.4 Å². The number of ketones is 1. The summed E-state index contributed by atoms with van der Waals surface area (Å²) in [5.74, 6) is 1.32. The van der Waals surface area contributed by atoms with E-state index in [1.807, 2.05) is 68.4 Å². The van der Waals surface area contributed by atoms with Crippen LogP contribution in [0.25, 0.3) is 6.08 Å². The summed E-state index contributed by atoms with van der Waals surface area (Å²) in [5.41, 5.74) is 2.61. The van der Waals surface area contributed by atoms with Gasteiger partial charge in [0.15, 0.2) is 17.3 Å². The van der Waals surface area contributed by atoms with E-state index in [9.17, 15) is 4.79 Å². The number of allylic oxidation sites excluding steroid dienone is 1. The third kappa shape index (κ3) is 4.38. The molecule has 0 bridgehead atoms. The first-order chi connectivity index (χ1) is 11.5. The van der Waals surface area contributed by atoms with Crippen molar-refractivity contribution in [2.75, 3.05) is 32.7 Å². The first-order valence-electron chi connectivity index (χ1n) is 7.85. The minimum absolute atomic E-state index is 0.0341. The van der Waals surface area contributed by atoms with Gasteiger partial charge in [-0.3, -0.25) is 4.79 Å². The van der Waals surface area contributed by atoms with Gasteiger partial charge in [0.2, 0.25) is 0 Å². The van der Waals surface area contributed by atoms with Gasteiger partial charge in [-0.15, -0.1) is 0 Å². The molecule has 0 amide bonds. The number of rotatable bonds is 7. The molecule has 24 heavy (non-hydrogen) atoms. The molecule has 4 nitrogen and oxygen atoms in total. The maximum atomic E-state index is 12.3. The molecule has 0 aliphatic rings. The van der Waals surface area contributed by atoms with E-state index < -0.39 is 0 Å². The minimum atomic E-state index is -0.0341. The normalized spacial score (nSPS) is 10.7. The van der Waals surface area contributed by atoms with Crippen LogP contribution in [0.5, 0.6) is 11.5 Å². The van der Waals surface area contributed by atoms with Crippen LogP contribution in [0.3, 0.4) is 0 Å². The lowest BCUT2D eigenvalue weighted by atomic mass is 10.1. The highest BCUT2D eigenvalue weighted by Gasteiger charge is 2.05. The summed E-state index contributed by atoms with van der Waals surface area (Å²) in [6.07, 6.45) is 3.35. The Morgan fingerprint density at radius 3 is 2.38 bits per heavy atom. The molecule has 0 radical (unpaired) electrons. The highest BCUT2D eigenvalue weighted by molar-refractivity contribution is 6.07. The molecule has 0 aromatic heterocycles. The van der Waals surface area contributed by atoms with Gasteiger partial charge in [-0.2, -0.15) is 0 Å². The Bertz CT molecular complexity index is 718. The minimum Gasteiger partial charge on any atom is -0.493 e. The van der Waals surface area contributed by atoms with Crippen molar-refractivity contribution in [3.63, 3.8) is 0 Å². The number of nitrogens with zero attached hydrogens (tertiary/aromatic N) is 1. The first-order valence-corrected chi connectivity index (χ1v) is 7.85. The Morgan fingerprint density at radius 2 is 1.79 bits per heavy atom. The van der Waals surface area contributed by atoms with Crippen molar-refractivity contribution in [2.45, 2.75) is 6.92 Å². The summed E-state index contributed by atoms with van der Waals surface area (Å²) in [4.78, 5) is 14.3. The number of carbonyl (C=O) groups is 1. The van der Waals surface area contributed by atoms with Gasteiger partial charge in [-0.25, -0.2) is 0 Å². The molecule has 0 aliphatic carbocycles. The van der Waals surface area contributed by atoms with Gasteiger partial charge in [-0.05, 0) is 55.0 Å². The van der Waals surface area contributed by atoms with Crippen molar-refractivity contribution in [1.82, 2.24) is 0 Å². The molecule has 2 aromatic rings. The van der Waals surface area contributed by atoms with E-state index in [0.717, 1.165) is 11.3 Å². The predicted octanol–water partition coefficient (Wildman–Crippen LogP) is 4.06. The molecule has 0 saturated carbocycles. The molecule has 2 aromatic carbocycles. The molecular weight excluding hydrogens is 302 g/mol. The van der Waals surface area contributed by atoms with E-state index >= 15 is 0 Å². The molecule has 126 valence electrons. The maximum absolute atomic E-state index is 12.3. The Hall–Kier alpha value is -2.75. The summed E-state index contributed by atoms with van der Waals surface area (Å²) in [6.45, 7) is 2.50. The van der Waals surface area contributed by atoms with Crippen molar-refractivity contribution in [2.24, 2.45) is 0 Å². The van der Waals surface area contributed by atoms with Crippen LogP contribution in [0, 0.1) is 0 Å². The van der Waals surface area contributed by atoms with Crippen LogP contribution >= 0.6 is 0 Å². The Balaban J connectivity index is 2.13. The number of carbonyl (C=O) groups excluding carboxylic acids is 1. The van der Waals surface area contributed by atoms with Crippen LogP contribution in [0.4, 0.5) is 5.69 Å². The van der Waals surface area contributed by atoms with E-state index in [2.05, 4.69) is 0 Å². The highest BCUT2D eigenvalue weighted by atomic mass is 16.5. The number of hydrogen-bond acceptors (Lipinski definition) is 4. The molecule has 2 rings (SSSR count). The van der Waals surface area contributed by atoms with Crippen LogP contribution in [-0.4, -0.2) is 33.6 Å². The molecule has 0 aliphatic heterocycles. The molecule has 0 unspecified atom stereocenters. The van der Waals surface area contributed by atoms with Gasteiger partial charge in [-0.1, -0.05) is 12.1 Å². The maximum Gasteiger partial charge on any atom is 0.185 e. The van der Waals surface area contributed by atoms with Crippen LogP contribution in [-0.2, 0) is 0 Å². The summed E-state index contributed by atoms with van der Waals surface area (Å²) in [6, 6.07) is 13.1. The molecule has 0 N–H and O–H groups in total. The molecule has 0 atom stereocenters. The quantitative estimate of drug-likeness (QED) is 0.568. The van der Waals surface area contributed by atoms with Crippen molar-refractivity contribution in [3.05, 3.63) is 59.7 Å². The largest absolute Gasteiger partial charge is 0.493 e. The van der Waals surface area contributed by atoms with Gasteiger partial charge in [0.25, 0.3) is 0 Å². The van der Waals surface area contributed by atoms with E-state index in [1.54, 1.807) is 19.3 Å². The van der Waals surface area contributed by atoms with Crippen LogP contribution in [0.15, 0.2) is 48.5 Å². The molecule has 4 heteroatoms. The zero-order valence-corrected chi connectivity index (χ0v) is 14.6. The summed E-state index contributed by atoms with van der Waals surface area (Å²) < 4.78 is 10.8. The standard InChI is InChI=1S/C20H23NO3/c1-5-24-19-13-7-15(14-20(19)23-4)6-12-18(22)16-8-10-17(11-9-16)21(2)3/h6-14H,5H2,1-4H3. The lowest BCUT2D eigenvalue weighted by Crippen LogP contribution is -2.08. The monoisotopic (exact) mass is 325 g/mol. The third-order valence-corrected chi connectivity index (χ3v) is 3.58. The van der Waals surface area contributed by atoms with Gasteiger partial charge in [0.05, 0.1) is 13.7 Å². The summed E-state index contributed by atoms with van der Waals surface area (Å²) >= 11 is 0. The summed E-state index contributed by atoms with van der Waals surface area (Å²) in [5, 5.41) is 0. The van der Waals surface area contributed by atoms with E-state index in [1.165, 1.54) is 0 Å². The average Bonchev–Trinajstić information content (AvgIpc) is 2.60. The van der Waals surface area contributed by atoms with Gasteiger partial charge in [0, 0.05) is 25.3 Å². The molecule has 0 spiro atoms. The second kappa shape index (κ2) is 8.20. The topological polar surface area (TPSA) is 38.8 Å². The Labute approximate surface area is 143 Å². The molecule has 0 fully saturated rings. The Kier molecular flexibility index (Phi) is 6.01. The van der Waals surface area contributed by atoms with Crippen LogP contribution in [0.2, 0.25) is 0 Å². The molecule has 0 saturated heterocycles. The van der Waals surface area contributed by atoms with Crippen LogP contribution in [0.1, 0.15) is 22.8 Å². The van der Waals surface area contributed by atoms with E-state index in [-0.39, 0.29) is 5.78 Å². The number of benzene rings is 2. The van der Waals surface area contributed by atoms with Crippen molar-refractivity contribution >= 4 is 17.5 Å². The zero-order chi connectivity index (χ0) is 17.5. The van der Waals surface area contributed by atoms with E-state index in [0.29, 0.717) is 23.7 Å². The van der Waals surface area contributed by atoms with Crippen molar-refractivity contribution in [3.8, 4) is 11.5 Å².